The summed E-state index contributed by atoms with van der Waals surface area (Å²) in [5, 5.41) is 16.6. The predicted octanol–water partition coefficient (Wildman–Crippen LogP) is 1.09. The molecule has 0 saturated carbocycles. The number of nitrogens with zero attached hydrogens (tertiary/aromatic N) is 2. The fraction of sp³-hybridized carbons (Fsp3) is 0.278. The Labute approximate surface area is 160 Å². The van der Waals surface area contributed by atoms with E-state index in [1.807, 2.05) is 18.2 Å². The molecule has 9 nitrogen and oxygen atoms in total. The van der Waals surface area contributed by atoms with E-state index >= 15 is 0 Å². The lowest BCUT2D eigenvalue weighted by atomic mass is 10.0. The predicted molar refractivity (Wildman–Crippen MR) is 104 cm³/mol. The Hall–Kier alpha value is -2.98. The van der Waals surface area contributed by atoms with E-state index in [0.29, 0.717) is 5.56 Å². The van der Waals surface area contributed by atoms with E-state index in [9.17, 15) is 18.0 Å². The highest BCUT2D eigenvalue weighted by Crippen LogP contribution is 2.24. The summed E-state index contributed by atoms with van der Waals surface area (Å²) in [6, 6.07) is 8.84. The molecule has 1 atom stereocenters. The van der Waals surface area contributed by atoms with E-state index in [2.05, 4.69) is 10.2 Å². The first-order valence-electron chi connectivity index (χ1n) is 8.44. The van der Waals surface area contributed by atoms with Crippen molar-refractivity contribution >= 4 is 26.6 Å². The Morgan fingerprint density at radius 1 is 1.29 bits per heavy atom. The van der Waals surface area contributed by atoms with Gasteiger partial charge in [-0.2, -0.15) is 5.10 Å². The smallest absolute Gasteiger partial charge is 0.264 e. The van der Waals surface area contributed by atoms with Crippen molar-refractivity contribution in [2.24, 2.45) is 0 Å². The fourth-order valence-electron chi connectivity index (χ4n) is 2.91. The minimum absolute atomic E-state index is 0.00311. The Bertz CT molecular complexity index is 1200. The number of aromatic amines is 1. The van der Waals surface area contributed by atoms with Crippen LogP contribution in [0.1, 0.15) is 13.3 Å². The fourth-order valence-corrected chi connectivity index (χ4v) is 3.76. The Balaban J connectivity index is 1.86. The first-order chi connectivity index (χ1) is 13.2. The topological polar surface area (TPSA) is 134 Å². The number of pyridine rings is 1. The lowest BCUT2D eigenvalue weighted by Gasteiger charge is -2.25. The maximum Gasteiger partial charge on any atom is 0.264 e. The average molecular weight is 404 g/mol. The second kappa shape index (κ2) is 7.21. The zero-order chi connectivity index (χ0) is 20.5. The van der Waals surface area contributed by atoms with Gasteiger partial charge in [-0.05, 0) is 42.7 Å². The molecule has 0 fully saturated rings. The zero-order valence-corrected chi connectivity index (χ0v) is 16.2. The standard InChI is InChI=1S/C18H20N4O5S/c1-18(17(24)21-25,28(2,26)27)6-8-22-7-5-13(10-16(22)23)12-3-4-15-14(9-12)11-19-20-15/h3-5,7,9-11,25H,6,8H2,1-2H3,(H,19,20)(H,21,24). The van der Waals surface area contributed by atoms with Crippen LogP contribution in [0.4, 0.5) is 0 Å². The normalized spacial score (nSPS) is 14.0. The highest BCUT2D eigenvalue weighted by molar-refractivity contribution is 7.92. The zero-order valence-electron chi connectivity index (χ0n) is 15.3. The van der Waals surface area contributed by atoms with E-state index < -0.39 is 20.5 Å². The van der Waals surface area contributed by atoms with Crippen LogP contribution in [0.5, 0.6) is 0 Å². The number of aryl methyl sites for hydroxylation is 1. The van der Waals surface area contributed by atoms with Crippen LogP contribution in [0.15, 0.2) is 47.5 Å². The van der Waals surface area contributed by atoms with Gasteiger partial charge >= 0.3 is 0 Å². The molecule has 1 aromatic carbocycles. The SMILES string of the molecule is CC(CCn1ccc(-c2ccc3[nH]ncc3c2)cc1=O)(C(=O)NO)S(C)(=O)=O. The van der Waals surface area contributed by atoms with Gasteiger partial charge in [0.05, 0.1) is 11.7 Å². The van der Waals surface area contributed by atoms with Crippen LogP contribution in [-0.4, -0.2) is 45.3 Å². The minimum Gasteiger partial charge on any atom is -0.315 e. The number of hydroxylamine groups is 1. The van der Waals surface area contributed by atoms with Crippen LogP contribution >= 0.6 is 0 Å². The number of nitrogens with one attached hydrogen (secondary N) is 2. The molecule has 0 radical (unpaired) electrons. The monoisotopic (exact) mass is 404 g/mol. The highest BCUT2D eigenvalue weighted by Gasteiger charge is 2.43. The van der Waals surface area contributed by atoms with Crippen LogP contribution in [-0.2, 0) is 21.2 Å². The van der Waals surface area contributed by atoms with Gasteiger partial charge in [-0.25, -0.2) is 13.9 Å². The molecule has 0 bridgehead atoms. The Kier molecular flexibility index (Phi) is 5.09. The van der Waals surface area contributed by atoms with Gasteiger partial charge < -0.3 is 4.57 Å². The van der Waals surface area contributed by atoms with Gasteiger partial charge in [0.2, 0.25) is 0 Å². The van der Waals surface area contributed by atoms with Crippen molar-refractivity contribution in [2.45, 2.75) is 24.6 Å². The maximum absolute atomic E-state index is 12.5. The number of amides is 1. The quantitative estimate of drug-likeness (QED) is 0.416. The molecule has 148 valence electrons. The lowest BCUT2D eigenvalue weighted by Crippen LogP contribution is -2.49. The summed E-state index contributed by atoms with van der Waals surface area (Å²) < 4.78 is 23.5. The molecule has 0 saturated heterocycles. The third-order valence-corrected chi connectivity index (χ3v) is 7.03. The first-order valence-corrected chi connectivity index (χ1v) is 10.3. The van der Waals surface area contributed by atoms with Gasteiger partial charge in [0.15, 0.2) is 14.6 Å². The van der Waals surface area contributed by atoms with Gasteiger partial charge in [-0.15, -0.1) is 0 Å². The maximum atomic E-state index is 12.5. The number of aromatic nitrogens is 3. The van der Waals surface area contributed by atoms with Crippen LogP contribution < -0.4 is 11.0 Å². The number of sulfone groups is 1. The first kappa shape index (κ1) is 19.8. The third-order valence-electron chi connectivity index (χ3n) is 5.00. The second-order valence-corrected chi connectivity index (χ2v) is 9.26. The van der Waals surface area contributed by atoms with Crippen LogP contribution in [0.2, 0.25) is 0 Å². The number of rotatable bonds is 6. The van der Waals surface area contributed by atoms with E-state index in [-0.39, 0.29) is 18.5 Å². The lowest BCUT2D eigenvalue weighted by molar-refractivity contribution is -0.131. The third kappa shape index (κ3) is 3.56. The molecule has 3 aromatic rings. The average Bonchev–Trinajstić information content (AvgIpc) is 3.12. The second-order valence-electron chi connectivity index (χ2n) is 6.81. The van der Waals surface area contributed by atoms with Crippen LogP contribution in [0.3, 0.4) is 0 Å². The van der Waals surface area contributed by atoms with E-state index in [1.54, 1.807) is 18.5 Å². The molecule has 10 heteroatoms. The summed E-state index contributed by atoms with van der Waals surface area (Å²) >= 11 is 0. The molecule has 28 heavy (non-hydrogen) atoms. The summed E-state index contributed by atoms with van der Waals surface area (Å²) in [5.74, 6) is -1.03. The number of carbonyl (C=O) groups is 1. The van der Waals surface area contributed by atoms with Gasteiger partial charge in [0.1, 0.15) is 0 Å². The van der Waals surface area contributed by atoms with Crippen molar-refractivity contribution in [3.8, 4) is 11.1 Å². The minimum atomic E-state index is -3.82. The molecule has 2 heterocycles. The van der Waals surface area contributed by atoms with Crippen molar-refractivity contribution in [1.29, 1.82) is 0 Å². The van der Waals surface area contributed by atoms with Crippen LogP contribution in [0.25, 0.3) is 22.0 Å². The Morgan fingerprint density at radius 2 is 2.00 bits per heavy atom. The van der Waals surface area contributed by atoms with E-state index in [4.69, 9.17) is 5.21 Å². The summed E-state index contributed by atoms with van der Waals surface area (Å²) in [6.45, 7) is 1.21. The van der Waals surface area contributed by atoms with Gasteiger partial charge in [-0.1, -0.05) is 6.07 Å². The summed E-state index contributed by atoms with van der Waals surface area (Å²) in [4.78, 5) is 24.4. The number of carbonyl (C=O) groups excluding carboxylic acids is 1. The highest BCUT2D eigenvalue weighted by atomic mass is 32.2. The van der Waals surface area contributed by atoms with Crippen LogP contribution in [0, 0.1) is 0 Å². The number of benzene rings is 1. The summed E-state index contributed by atoms with van der Waals surface area (Å²) in [5.41, 5.74) is 3.51. The molecule has 1 amide bonds. The number of hydrogen-bond acceptors (Lipinski definition) is 6. The van der Waals surface area contributed by atoms with E-state index in [0.717, 1.165) is 22.7 Å². The Morgan fingerprint density at radius 3 is 2.64 bits per heavy atom. The van der Waals surface area contributed by atoms with Crippen molar-refractivity contribution in [3.05, 3.63) is 53.1 Å². The van der Waals surface area contributed by atoms with E-state index in [1.165, 1.54) is 23.0 Å². The molecular weight excluding hydrogens is 384 g/mol. The molecule has 0 spiro atoms. The summed E-state index contributed by atoms with van der Waals surface area (Å²) in [7, 11) is -3.82. The molecular formula is C18H20N4O5S. The molecule has 0 aliphatic rings. The van der Waals surface area contributed by atoms with Crippen molar-refractivity contribution < 1.29 is 18.4 Å². The largest absolute Gasteiger partial charge is 0.315 e. The number of H-pyrrole nitrogens is 1. The van der Waals surface area contributed by atoms with Crippen molar-refractivity contribution in [3.63, 3.8) is 0 Å². The molecule has 0 aliphatic heterocycles. The van der Waals surface area contributed by atoms with Gasteiger partial charge in [0.25, 0.3) is 11.5 Å². The van der Waals surface area contributed by atoms with Gasteiger partial charge in [-0.3, -0.25) is 19.9 Å². The number of hydrogen-bond donors (Lipinski definition) is 3. The van der Waals surface area contributed by atoms with Crippen molar-refractivity contribution in [2.75, 3.05) is 6.26 Å². The molecule has 2 aromatic heterocycles. The number of fused-ring (bicyclic) bond motifs is 1. The van der Waals surface area contributed by atoms with Gasteiger partial charge in [0, 0.05) is 30.4 Å². The molecule has 0 aliphatic carbocycles. The molecule has 3 rings (SSSR count). The molecule has 3 N–H and O–H groups in total. The summed E-state index contributed by atoms with van der Waals surface area (Å²) in [6.07, 6.45) is 3.99. The molecule has 1 unspecified atom stereocenters. The van der Waals surface area contributed by atoms with Crippen molar-refractivity contribution in [1.82, 2.24) is 20.2 Å².